The van der Waals surface area contributed by atoms with E-state index >= 15 is 0 Å². The summed E-state index contributed by atoms with van der Waals surface area (Å²) in [6, 6.07) is 7.27. The van der Waals surface area contributed by atoms with Crippen LogP contribution in [0, 0.1) is 0 Å². The van der Waals surface area contributed by atoms with Crippen LogP contribution in [0.5, 0.6) is 5.75 Å². The molecule has 0 spiro atoms. The molecule has 0 radical (unpaired) electrons. The van der Waals surface area contributed by atoms with Crippen molar-refractivity contribution in [2.45, 2.75) is 18.5 Å². The summed E-state index contributed by atoms with van der Waals surface area (Å²) in [6.45, 7) is -0.316. The highest BCUT2D eigenvalue weighted by atomic mass is 16.5. The molecule has 2 aliphatic rings. The van der Waals surface area contributed by atoms with E-state index in [0.29, 0.717) is 6.42 Å². The van der Waals surface area contributed by atoms with E-state index in [4.69, 9.17) is 9.84 Å². The van der Waals surface area contributed by atoms with Gasteiger partial charge in [-0.3, -0.25) is 9.59 Å². The van der Waals surface area contributed by atoms with E-state index in [0.717, 1.165) is 11.3 Å². The molecule has 1 amide bonds. The highest BCUT2D eigenvalue weighted by Gasteiger charge is 2.40. The lowest BCUT2D eigenvalue weighted by molar-refractivity contribution is -0.145. The van der Waals surface area contributed by atoms with Crippen molar-refractivity contribution in [3.63, 3.8) is 0 Å². The van der Waals surface area contributed by atoms with Crippen LogP contribution in [-0.2, 0) is 9.59 Å². The topological polar surface area (TPSA) is 82.1 Å². The minimum Gasteiger partial charge on any atom is -0.497 e. The van der Waals surface area contributed by atoms with Gasteiger partial charge >= 0.3 is 5.97 Å². The molecule has 22 heavy (non-hydrogen) atoms. The Morgan fingerprint density at radius 2 is 2.27 bits per heavy atom. The maximum atomic E-state index is 12.3. The van der Waals surface area contributed by atoms with Gasteiger partial charge < -0.3 is 19.8 Å². The van der Waals surface area contributed by atoms with Crippen LogP contribution in [-0.4, -0.2) is 46.6 Å². The number of hydrogen-bond acceptors (Lipinski definition) is 5. The van der Waals surface area contributed by atoms with E-state index < -0.39 is 5.97 Å². The fraction of sp³-hybridized carbons (Fsp3) is 0.333. The van der Waals surface area contributed by atoms with Crippen molar-refractivity contribution < 1.29 is 19.4 Å². The van der Waals surface area contributed by atoms with Crippen molar-refractivity contribution in [2.75, 3.05) is 13.7 Å². The molecule has 1 aromatic carbocycles. The average molecular weight is 303 g/mol. The maximum absolute atomic E-state index is 12.3. The van der Waals surface area contributed by atoms with Crippen LogP contribution < -0.4 is 10.2 Å². The summed E-state index contributed by atoms with van der Waals surface area (Å²) in [7, 11) is 1.61. The summed E-state index contributed by atoms with van der Waals surface area (Å²) in [5.74, 6) is -0.469. The van der Waals surface area contributed by atoms with Gasteiger partial charge in [0.05, 0.1) is 13.2 Å². The van der Waals surface area contributed by atoms with E-state index in [1.165, 1.54) is 11.1 Å². The summed E-state index contributed by atoms with van der Waals surface area (Å²) >= 11 is 0. The van der Waals surface area contributed by atoms with E-state index in [1.54, 1.807) is 18.3 Å². The first-order valence-electron chi connectivity index (χ1n) is 6.97. The van der Waals surface area contributed by atoms with Gasteiger partial charge in [0.15, 0.2) is 0 Å². The van der Waals surface area contributed by atoms with Gasteiger partial charge in [0.2, 0.25) is 0 Å². The molecule has 1 fully saturated rings. The Labute approximate surface area is 127 Å². The number of carboxylic acid groups (broad SMARTS) is 1. The number of nitrogens with zero attached hydrogens (tertiary/aromatic N) is 2. The molecule has 2 heterocycles. The first kappa shape index (κ1) is 14.4. The van der Waals surface area contributed by atoms with Gasteiger partial charge in [-0.25, -0.2) is 5.43 Å². The summed E-state index contributed by atoms with van der Waals surface area (Å²) < 4.78 is 5.22. The van der Waals surface area contributed by atoms with Crippen molar-refractivity contribution in [1.82, 2.24) is 15.3 Å². The molecular formula is C15H17N3O4. The molecule has 7 nitrogen and oxygen atoms in total. The molecule has 116 valence electrons. The number of aliphatic carboxylic acids is 1. The number of carbonyl (C=O) groups excluding carboxylic acids is 1. The number of carbonyl (C=O) groups is 2. The highest BCUT2D eigenvalue weighted by Crippen LogP contribution is 2.31. The second kappa shape index (κ2) is 5.69. The van der Waals surface area contributed by atoms with Gasteiger partial charge in [0, 0.05) is 12.4 Å². The van der Waals surface area contributed by atoms with Crippen LogP contribution in [0.25, 0.3) is 0 Å². The molecule has 0 aromatic heterocycles. The van der Waals surface area contributed by atoms with E-state index in [-0.39, 0.29) is 24.5 Å². The van der Waals surface area contributed by atoms with E-state index in [9.17, 15) is 9.59 Å². The number of carboxylic acids is 1. The molecule has 0 bridgehead atoms. The molecular weight excluding hydrogens is 286 g/mol. The maximum Gasteiger partial charge on any atom is 0.323 e. The van der Waals surface area contributed by atoms with Crippen molar-refractivity contribution in [3.8, 4) is 5.75 Å². The second-order valence-electron chi connectivity index (χ2n) is 5.28. The fourth-order valence-corrected chi connectivity index (χ4v) is 2.79. The van der Waals surface area contributed by atoms with Crippen LogP contribution in [0.4, 0.5) is 0 Å². The normalized spacial score (nSPS) is 23.6. The van der Waals surface area contributed by atoms with Crippen molar-refractivity contribution in [2.24, 2.45) is 0 Å². The van der Waals surface area contributed by atoms with Gasteiger partial charge in [-0.05, 0) is 24.1 Å². The second-order valence-corrected chi connectivity index (χ2v) is 5.28. The average Bonchev–Trinajstić information content (AvgIpc) is 2.95. The van der Waals surface area contributed by atoms with Crippen LogP contribution >= 0.6 is 0 Å². The number of nitrogens with one attached hydrogen (secondary N) is 1. The van der Waals surface area contributed by atoms with Crippen molar-refractivity contribution in [1.29, 1.82) is 0 Å². The number of rotatable bonds is 4. The smallest absolute Gasteiger partial charge is 0.323 e. The van der Waals surface area contributed by atoms with Crippen molar-refractivity contribution >= 4 is 11.9 Å². The summed E-state index contributed by atoms with van der Waals surface area (Å²) in [5.41, 5.74) is 4.29. The van der Waals surface area contributed by atoms with Gasteiger partial charge in [-0.15, -0.1) is 0 Å². The third-order valence-electron chi connectivity index (χ3n) is 3.88. The van der Waals surface area contributed by atoms with Gasteiger partial charge in [0.1, 0.15) is 18.3 Å². The van der Waals surface area contributed by atoms with Gasteiger partial charge in [-0.2, -0.15) is 0 Å². The Hall–Kier alpha value is -2.54. The van der Waals surface area contributed by atoms with Gasteiger partial charge in [-0.1, -0.05) is 12.1 Å². The SMILES string of the molecule is COc1cccc(C2CC3C(=O)N(CC(=O)O)C=CN3N2)c1. The largest absolute Gasteiger partial charge is 0.497 e. The quantitative estimate of drug-likeness (QED) is 0.852. The fourth-order valence-electron chi connectivity index (χ4n) is 2.79. The monoisotopic (exact) mass is 303 g/mol. The molecule has 2 aliphatic heterocycles. The van der Waals surface area contributed by atoms with Crippen LogP contribution in [0.2, 0.25) is 0 Å². The minimum absolute atomic E-state index is 0.0153. The zero-order valence-corrected chi connectivity index (χ0v) is 12.1. The van der Waals surface area contributed by atoms with Crippen LogP contribution in [0.3, 0.4) is 0 Å². The molecule has 1 saturated heterocycles. The molecule has 3 rings (SSSR count). The number of benzene rings is 1. The molecule has 2 atom stereocenters. The third-order valence-corrected chi connectivity index (χ3v) is 3.88. The zero-order valence-electron chi connectivity index (χ0n) is 12.1. The van der Waals surface area contributed by atoms with Crippen LogP contribution in [0.1, 0.15) is 18.0 Å². The highest BCUT2D eigenvalue weighted by molar-refractivity contribution is 5.87. The number of hydrogen-bond donors (Lipinski definition) is 2. The molecule has 2 unspecified atom stereocenters. The predicted octanol–water partition coefficient (Wildman–Crippen LogP) is 0.713. The Bertz CT molecular complexity index is 631. The molecule has 1 aromatic rings. The van der Waals surface area contributed by atoms with E-state index in [1.807, 2.05) is 24.3 Å². The number of hydrazine groups is 1. The number of ether oxygens (including phenoxy) is 1. The number of methoxy groups -OCH3 is 1. The van der Waals surface area contributed by atoms with Gasteiger partial charge in [0.25, 0.3) is 5.91 Å². The summed E-state index contributed by atoms with van der Waals surface area (Å²) in [6.07, 6.45) is 3.77. The minimum atomic E-state index is -1.03. The number of amides is 1. The van der Waals surface area contributed by atoms with Crippen LogP contribution in [0.15, 0.2) is 36.7 Å². The lowest BCUT2D eigenvalue weighted by Gasteiger charge is -2.30. The standard InChI is InChI=1S/C15H17N3O4/c1-22-11-4-2-3-10(7-11)12-8-13-15(21)17(9-14(19)20)5-6-18(13)16-12/h2-7,12-13,16H,8-9H2,1H3,(H,19,20). The number of fused-ring (bicyclic) bond motifs is 1. The first-order valence-corrected chi connectivity index (χ1v) is 6.97. The summed E-state index contributed by atoms with van der Waals surface area (Å²) in [5, 5.41) is 10.6. The third kappa shape index (κ3) is 2.62. The first-order chi connectivity index (χ1) is 10.6. The molecule has 2 N–H and O–H groups in total. The zero-order chi connectivity index (χ0) is 15.7. The Morgan fingerprint density at radius 3 is 3.00 bits per heavy atom. The summed E-state index contributed by atoms with van der Waals surface area (Å²) in [4.78, 5) is 24.4. The van der Waals surface area contributed by atoms with Crippen molar-refractivity contribution in [3.05, 3.63) is 42.2 Å². The Kier molecular flexibility index (Phi) is 3.72. The predicted molar refractivity (Wildman–Crippen MR) is 77.6 cm³/mol. The lowest BCUT2D eigenvalue weighted by atomic mass is 10.0. The molecule has 0 saturated carbocycles. The lowest BCUT2D eigenvalue weighted by Crippen LogP contribution is -2.49. The molecule has 0 aliphatic carbocycles. The molecule has 7 heteroatoms. The van der Waals surface area contributed by atoms with E-state index in [2.05, 4.69) is 5.43 Å². The Morgan fingerprint density at radius 1 is 1.45 bits per heavy atom. The Balaban J connectivity index is 1.76.